The van der Waals surface area contributed by atoms with E-state index in [9.17, 15) is 5.11 Å². The van der Waals surface area contributed by atoms with E-state index in [1.165, 1.54) is 16.9 Å². The maximum atomic E-state index is 10.7. The van der Waals surface area contributed by atoms with E-state index in [-0.39, 0.29) is 5.88 Å². The van der Waals surface area contributed by atoms with Gasteiger partial charge in [0.1, 0.15) is 0 Å². The van der Waals surface area contributed by atoms with Crippen molar-refractivity contribution in [1.82, 2.24) is 4.57 Å². The summed E-state index contributed by atoms with van der Waals surface area (Å²) >= 11 is 6.89. The van der Waals surface area contributed by atoms with Crippen LogP contribution in [0, 0.1) is 10.9 Å². The van der Waals surface area contributed by atoms with Crippen molar-refractivity contribution in [3.63, 3.8) is 0 Å². The van der Waals surface area contributed by atoms with E-state index in [0.29, 0.717) is 3.95 Å². The first-order valence-electron chi connectivity index (χ1n) is 7.93. The van der Waals surface area contributed by atoms with Crippen LogP contribution in [0.1, 0.15) is 22.9 Å². The van der Waals surface area contributed by atoms with E-state index < -0.39 is 0 Å². The Morgan fingerprint density at radius 1 is 1.08 bits per heavy atom. The first kappa shape index (κ1) is 16.0. The summed E-state index contributed by atoms with van der Waals surface area (Å²) in [4.78, 5) is 5.34. The quantitative estimate of drug-likeness (QED) is 0.572. The average Bonchev–Trinajstić information content (AvgIpc) is 3.06. The molecule has 5 heteroatoms. The molecule has 4 rings (SSSR count). The Kier molecular flexibility index (Phi) is 3.90. The molecule has 0 aliphatic carbocycles. The minimum atomic E-state index is 0.170. The SMILES string of the molecule is CC1=Nc2ccccc2/C1=C\c1sc(=S)n(-c2ccc(C)cc2)c1O. The Hall–Kier alpha value is -2.50. The van der Waals surface area contributed by atoms with Crippen molar-refractivity contribution in [3.8, 4) is 11.6 Å². The van der Waals surface area contributed by atoms with Gasteiger partial charge in [0.05, 0.1) is 16.3 Å². The zero-order valence-corrected chi connectivity index (χ0v) is 15.5. The van der Waals surface area contributed by atoms with E-state index in [1.807, 2.05) is 62.4 Å². The number of hydrogen-bond acceptors (Lipinski definition) is 4. The van der Waals surface area contributed by atoms with Crippen molar-refractivity contribution in [3.05, 3.63) is 68.5 Å². The summed E-state index contributed by atoms with van der Waals surface area (Å²) in [5.74, 6) is 0.170. The molecule has 0 amide bonds. The lowest BCUT2D eigenvalue weighted by molar-refractivity contribution is 0.441. The molecule has 124 valence electrons. The molecule has 0 radical (unpaired) electrons. The lowest BCUT2D eigenvalue weighted by Crippen LogP contribution is -1.93. The highest BCUT2D eigenvalue weighted by atomic mass is 32.1. The van der Waals surface area contributed by atoms with Gasteiger partial charge >= 0.3 is 0 Å². The molecule has 25 heavy (non-hydrogen) atoms. The van der Waals surface area contributed by atoms with Crippen LogP contribution < -0.4 is 0 Å². The van der Waals surface area contributed by atoms with Crippen molar-refractivity contribution in [2.24, 2.45) is 4.99 Å². The molecule has 2 aromatic carbocycles. The number of fused-ring (bicyclic) bond motifs is 1. The summed E-state index contributed by atoms with van der Waals surface area (Å²) in [6, 6.07) is 16.0. The third kappa shape index (κ3) is 2.75. The number of aromatic nitrogens is 1. The molecule has 0 fully saturated rings. The molecule has 0 unspecified atom stereocenters. The number of aromatic hydroxyl groups is 1. The van der Waals surface area contributed by atoms with Crippen LogP contribution in [0.25, 0.3) is 17.3 Å². The molecule has 1 aromatic heterocycles. The minimum absolute atomic E-state index is 0.170. The van der Waals surface area contributed by atoms with Gasteiger partial charge in [-0.05, 0) is 50.3 Å². The minimum Gasteiger partial charge on any atom is -0.493 e. The molecule has 1 aliphatic rings. The van der Waals surface area contributed by atoms with Crippen LogP contribution in [0.15, 0.2) is 53.5 Å². The van der Waals surface area contributed by atoms with Gasteiger partial charge in [-0.1, -0.05) is 35.9 Å². The number of aryl methyl sites for hydroxylation is 1. The van der Waals surface area contributed by atoms with Crippen LogP contribution in [0.3, 0.4) is 0 Å². The molecule has 3 nitrogen and oxygen atoms in total. The van der Waals surface area contributed by atoms with Crippen molar-refractivity contribution in [2.45, 2.75) is 13.8 Å². The second-order valence-corrected chi connectivity index (χ2v) is 7.67. The van der Waals surface area contributed by atoms with Crippen LogP contribution in [0.2, 0.25) is 0 Å². The summed E-state index contributed by atoms with van der Waals surface area (Å²) in [5.41, 5.74) is 6.06. The molecular weight excluding hydrogens is 348 g/mol. The van der Waals surface area contributed by atoms with Crippen molar-refractivity contribution < 1.29 is 5.11 Å². The number of rotatable bonds is 2. The van der Waals surface area contributed by atoms with Gasteiger partial charge in [0.25, 0.3) is 0 Å². The molecule has 0 saturated carbocycles. The number of para-hydroxylation sites is 1. The summed E-state index contributed by atoms with van der Waals surface area (Å²) in [6.45, 7) is 4.02. The van der Waals surface area contributed by atoms with Crippen LogP contribution in [-0.2, 0) is 0 Å². The van der Waals surface area contributed by atoms with Gasteiger partial charge in [0.2, 0.25) is 5.88 Å². The Bertz CT molecular complexity index is 1090. The molecule has 0 spiro atoms. The molecule has 0 saturated heterocycles. The van der Waals surface area contributed by atoms with Crippen LogP contribution >= 0.6 is 23.6 Å². The van der Waals surface area contributed by atoms with Gasteiger partial charge in [-0.25, -0.2) is 0 Å². The number of allylic oxidation sites excluding steroid dienone is 1. The standard InChI is InChI=1S/C20H16N2OS2/c1-12-7-9-14(10-8-12)22-19(23)18(25-20(22)24)11-16-13(2)21-17-6-4-3-5-15(16)17/h3-11,23H,1-2H3/b16-11-. The number of nitrogens with zero attached hydrogens (tertiary/aromatic N) is 2. The molecule has 2 heterocycles. The van der Waals surface area contributed by atoms with E-state index in [4.69, 9.17) is 12.2 Å². The lowest BCUT2D eigenvalue weighted by atomic mass is 10.0. The highest BCUT2D eigenvalue weighted by molar-refractivity contribution is 7.73. The average molecular weight is 364 g/mol. The second kappa shape index (κ2) is 6.10. The van der Waals surface area contributed by atoms with Crippen molar-refractivity contribution >= 4 is 46.6 Å². The molecule has 3 aromatic rings. The Balaban J connectivity index is 1.84. The highest BCUT2D eigenvalue weighted by Crippen LogP contribution is 2.38. The summed E-state index contributed by atoms with van der Waals surface area (Å²) < 4.78 is 2.33. The number of benzene rings is 2. The van der Waals surface area contributed by atoms with Crippen LogP contribution in [0.4, 0.5) is 5.69 Å². The first-order chi connectivity index (χ1) is 12.0. The maximum Gasteiger partial charge on any atom is 0.215 e. The predicted molar refractivity (Wildman–Crippen MR) is 108 cm³/mol. The van der Waals surface area contributed by atoms with E-state index >= 15 is 0 Å². The van der Waals surface area contributed by atoms with Gasteiger partial charge in [-0.15, -0.1) is 11.3 Å². The van der Waals surface area contributed by atoms with E-state index in [2.05, 4.69) is 11.1 Å². The summed E-state index contributed by atoms with van der Waals surface area (Å²) in [6.07, 6.45) is 1.98. The third-order valence-electron chi connectivity index (χ3n) is 4.25. The predicted octanol–water partition coefficient (Wildman–Crippen LogP) is 5.93. The van der Waals surface area contributed by atoms with Gasteiger partial charge in [0.15, 0.2) is 3.95 Å². The number of thiazole rings is 1. The lowest BCUT2D eigenvalue weighted by Gasteiger charge is -2.05. The largest absolute Gasteiger partial charge is 0.493 e. The number of hydrogen-bond donors (Lipinski definition) is 1. The van der Waals surface area contributed by atoms with E-state index in [0.717, 1.165) is 33.1 Å². The van der Waals surface area contributed by atoms with Gasteiger partial charge in [-0.3, -0.25) is 9.56 Å². The molecule has 0 atom stereocenters. The van der Waals surface area contributed by atoms with Crippen molar-refractivity contribution in [2.75, 3.05) is 0 Å². The Morgan fingerprint density at radius 2 is 1.80 bits per heavy atom. The van der Waals surface area contributed by atoms with Crippen LogP contribution in [-0.4, -0.2) is 15.4 Å². The normalized spacial score (nSPS) is 14.6. The third-order valence-corrected chi connectivity index (χ3v) is 5.56. The second-order valence-electron chi connectivity index (χ2n) is 6.00. The monoisotopic (exact) mass is 364 g/mol. The van der Waals surface area contributed by atoms with Crippen LogP contribution in [0.5, 0.6) is 5.88 Å². The Labute approximate surface area is 155 Å². The Morgan fingerprint density at radius 3 is 2.56 bits per heavy atom. The van der Waals surface area contributed by atoms with Gasteiger partial charge in [-0.2, -0.15) is 0 Å². The van der Waals surface area contributed by atoms with Crippen molar-refractivity contribution in [1.29, 1.82) is 0 Å². The number of aliphatic imine (C=N–C) groups is 1. The topological polar surface area (TPSA) is 37.5 Å². The van der Waals surface area contributed by atoms with E-state index in [1.54, 1.807) is 4.57 Å². The van der Waals surface area contributed by atoms with Gasteiger partial charge < -0.3 is 5.11 Å². The molecule has 1 aliphatic heterocycles. The summed E-state index contributed by atoms with van der Waals surface area (Å²) in [7, 11) is 0. The first-order valence-corrected chi connectivity index (χ1v) is 9.15. The zero-order valence-electron chi connectivity index (χ0n) is 13.9. The fourth-order valence-electron chi connectivity index (χ4n) is 2.95. The fraction of sp³-hybridized carbons (Fsp3) is 0.100. The molecule has 0 bridgehead atoms. The highest BCUT2D eigenvalue weighted by Gasteiger charge is 2.19. The zero-order chi connectivity index (χ0) is 17.6. The summed E-state index contributed by atoms with van der Waals surface area (Å²) in [5, 5.41) is 10.7. The molecular formula is C20H16N2OS2. The smallest absolute Gasteiger partial charge is 0.215 e. The maximum absolute atomic E-state index is 10.7. The molecule has 1 N–H and O–H groups in total. The fourth-order valence-corrected chi connectivity index (χ4v) is 4.24. The van der Waals surface area contributed by atoms with Gasteiger partial charge in [0, 0.05) is 16.8 Å².